The van der Waals surface area contributed by atoms with Gasteiger partial charge in [0, 0.05) is 22.5 Å². The fourth-order valence-corrected chi connectivity index (χ4v) is 3.16. The minimum Gasteiger partial charge on any atom is -0.344 e. The molecule has 2 amide bonds. The molecule has 0 spiro atoms. The standard InChI is InChI=1S/C15H18BrClN2O2/c1-8(2)14-15(21)19(5-4-13(20)18-14)12-7-11(17)9(3)6-10(12)16/h6-8,14H,4-5H2,1-3H3,(H,18,20). The highest BCUT2D eigenvalue weighted by Crippen LogP contribution is 2.33. The van der Waals surface area contributed by atoms with Gasteiger partial charge in [0.15, 0.2) is 0 Å². The van der Waals surface area contributed by atoms with E-state index in [9.17, 15) is 9.59 Å². The lowest BCUT2D eigenvalue weighted by molar-refractivity contribution is -0.126. The maximum Gasteiger partial charge on any atom is 0.249 e. The molecule has 2 rings (SSSR count). The minimum atomic E-state index is -0.507. The lowest BCUT2D eigenvalue weighted by atomic mass is 10.0. The number of benzene rings is 1. The molecule has 1 fully saturated rings. The summed E-state index contributed by atoms with van der Waals surface area (Å²) in [6.07, 6.45) is 0.285. The van der Waals surface area contributed by atoms with Crippen molar-refractivity contribution in [1.29, 1.82) is 0 Å². The zero-order valence-electron chi connectivity index (χ0n) is 12.2. The number of nitrogens with zero attached hydrogens (tertiary/aromatic N) is 1. The van der Waals surface area contributed by atoms with Crippen molar-refractivity contribution in [2.75, 3.05) is 11.4 Å². The minimum absolute atomic E-state index is 0.0294. The first-order valence-electron chi connectivity index (χ1n) is 6.87. The summed E-state index contributed by atoms with van der Waals surface area (Å²) in [6.45, 7) is 6.10. The quantitative estimate of drug-likeness (QED) is 0.865. The molecule has 1 N–H and O–H groups in total. The predicted molar refractivity (Wildman–Crippen MR) is 87.6 cm³/mol. The molecule has 1 aromatic rings. The number of rotatable bonds is 2. The molecule has 0 aromatic heterocycles. The van der Waals surface area contributed by atoms with Gasteiger partial charge in [-0.25, -0.2) is 0 Å². The molecule has 0 saturated carbocycles. The number of anilines is 1. The fraction of sp³-hybridized carbons (Fsp3) is 0.467. The van der Waals surface area contributed by atoms with Gasteiger partial charge in [0.05, 0.1) is 5.69 Å². The third kappa shape index (κ3) is 3.40. The molecule has 4 nitrogen and oxygen atoms in total. The first-order chi connectivity index (χ1) is 9.81. The highest BCUT2D eigenvalue weighted by Gasteiger charge is 2.33. The number of carbonyl (C=O) groups is 2. The van der Waals surface area contributed by atoms with Crippen LogP contribution in [0, 0.1) is 12.8 Å². The Labute approximate surface area is 138 Å². The number of nitrogens with one attached hydrogen (secondary N) is 1. The Morgan fingerprint density at radius 3 is 2.67 bits per heavy atom. The third-order valence-electron chi connectivity index (χ3n) is 3.60. The number of amides is 2. The summed E-state index contributed by atoms with van der Waals surface area (Å²) in [4.78, 5) is 26.2. The molecule has 1 atom stereocenters. The number of carbonyl (C=O) groups excluding carboxylic acids is 2. The maximum absolute atomic E-state index is 12.7. The Morgan fingerprint density at radius 1 is 1.38 bits per heavy atom. The van der Waals surface area contributed by atoms with Gasteiger partial charge in [-0.05, 0) is 46.5 Å². The number of hydrogen-bond donors (Lipinski definition) is 1. The Bertz CT molecular complexity index is 589. The van der Waals surface area contributed by atoms with Crippen LogP contribution in [0.5, 0.6) is 0 Å². The first kappa shape index (κ1) is 16.3. The molecular weight excluding hydrogens is 356 g/mol. The van der Waals surface area contributed by atoms with Gasteiger partial charge in [0.25, 0.3) is 0 Å². The van der Waals surface area contributed by atoms with Crippen LogP contribution in [0.4, 0.5) is 5.69 Å². The van der Waals surface area contributed by atoms with Crippen molar-refractivity contribution >= 4 is 45.0 Å². The fourth-order valence-electron chi connectivity index (χ4n) is 2.33. The van der Waals surface area contributed by atoms with Crippen molar-refractivity contribution in [2.24, 2.45) is 5.92 Å². The van der Waals surface area contributed by atoms with Crippen LogP contribution in [-0.2, 0) is 9.59 Å². The van der Waals surface area contributed by atoms with E-state index in [2.05, 4.69) is 21.2 Å². The van der Waals surface area contributed by atoms with Gasteiger partial charge in [-0.2, -0.15) is 0 Å². The molecular formula is C15H18BrClN2O2. The average Bonchev–Trinajstić information content (AvgIpc) is 2.54. The highest BCUT2D eigenvalue weighted by molar-refractivity contribution is 9.10. The maximum atomic E-state index is 12.7. The molecule has 6 heteroatoms. The van der Waals surface area contributed by atoms with Crippen LogP contribution < -0.4 is 10.2 Å². The van der Waals surface area contributed by atoms with Gasteiger partial charge in [-0.15, -0.1) is 0 Å². The lowest BCUT2D eigenvalue weighted by Gasteiger charge is -2.27. The van der Waals surface area contributed by atoms with Crippen LogP contribution in [-0.4, -0.2) is 24.4 Å². The molecule has 1 aromatic carbocycles. The summed E-state index contributed by atoms with van der Waals surface area (Å²) in [5.41, 5.74) is 1.64. The second-order valence-electron chi connectivity index (χ2n) is 5.58. The van der Waals surface area contributed by atoms with Crippen LogP contribution in [0.3, 0.4) is 0 Å². The number of aryl methyl sites for hydroxylation is 1. The number of hydrogen-bond acceptors (Lipinski definition) is 2. The van der Waals surface area contributed by atoms with E-state index in [0.29, 0.717) is 17.3 Å². The van der Waals surface area contributed by atoms with Crippen LogP contribution in [0.1, 0.15) is 25.8 Å². The topological polar surface area (TPSA) is 49.4 Å². The highest BCUT2D eigenvalue weighted by atomic mass is 79.9. The van der Waals surface area contributed by atoms with E-state index in [1.54, 1.807) is 11.0 Å². The van der Waals surface area contributed by atoms with Crippen molar-refractivity contribution < 1.29 is 9.59 Å². The summed E-state index contributed by atoms with van der Waals surface area (Å²) >= 11 is 9.66. The van der Waals surface area contributed by atoms with Crippen LogP contribution in [0.25, 0.3) is 0 Å². The van der Waals surface area contributed by atoms with Crippen molar-refractivity contribution in [3.8, 4) is 0 Å². The van der Waals surface area contributed by atoms with Crippen molar-refractivity contribution in [1.82, 2.24) is 5.32 Å². The molecule has 21 heavy (non-hydrogen) atoms. The van der Waals surface area contributed by atoms with Gasteiger partial charge in [-0.1, -0.05) is 25.4 Å². The van der Waals surface area contributed by atoms with E-state index in [-0.39, 0.29) is 24.2 Å². The van der Waals surface area contributed by atoms with Crippen LogP contribution in [0.15, 0.2) is 16.6 Å². The third-order valence-corrected chi connectivity index (χ3v) is 4.64. The van der Waals surface area contributed by atoms with Crippen molar-refractivity contribution in [2.45, 2.75) is 33.2 Å². The largest absolute Gasteiger partial charge is 0.344 e. The molecule has 1 saturated heterocycles. The Morgan fingerprint density at radius 2 is 2.05 bits per heavy atom. The average molecular weight is 374 g/mol. The molecule has 114 valence electrons. The van der Waals surface area contributed by atoms with Crippen molar-refractivity contribution in [3.63, 3.8) is 0 Å². The molecule has 1 unspecified atom stereocenters. The Balaban J connectivity index is 2.44. The SMILES string of the molecule is Cc1cc(Br)c(N2CCC(=O)NC(C(C)C)C2=O)cc1Cl. The van der Waals surface area contributed by atoms with Crippen LogP contribution >= 0.6 is 27.5 Å². The second kappa shape index (κ2) is 6.36. The van der Waals surface area contributed by atoms with Gasteiger partial charge < -0.3 is 10.2 Å². The molecule has 0 aliphatic carbocycles. The van der Waals surface area contributed by atoms with Gasteiger partial charge in [0.1, 0.15) is 6.04 Å². The first-order valence-corrected chi connectivity index (χ1v) is 8.04. The van der Waals surface area contributed by atoms with Crippen LogP contribution in [0.2, 0.25) is 5.02 Å². The number of halogens is 2. The predicted octanol–water partition coefficient (Wildman–Crippen LogP) is 3.29. The monoisotopic (exact) mass is 372 g/mol. The summed E-state index contributed by atoms with van der Waals surface area (Å²) in [7, 11) is 0. The van der Waals surface area contributed by atoms with E-state index in [1.807, 2.05) is 26.8 Å². The van der Waals surface area contributed by atoms with E-state index in [0.717, 1.165) is 10.0 Å². The van der Waals surface area contributed by atoms with Gasteiger partial charge in [0.2, 0.25) is 11.8 Å². The van der Waals surface area contributed by atoms with Crippen molar-refractivity contribution in [3.05, 3.63) is 27.2 Å². The molecule has 1 heterocycles. The smallest absolute Gasteiger partial charge is 0.249 e. The normalized spacial score (nSPS) is 19.7. The summed E-state index contributed by atoms with van der Waals surface area (Å²) in [5, 5.41) is 3.40. The van der Waals surface area contributed by atoms with Gasteiger partial charge in [-0.3, -0.25) is 9.59 Å². The van der Waals surface area contributed by atoms with E-state index >= 15 is 0 Å². The Kier molecular flexibility index (Phi) is 4.94. The summed E-state index contributed by atoms with van der Waals surface area (Å²) in [5.74, 6) is -0.169. The molecule has 1 aliphatic rings. The Hall–Kier alpha value is -1.07. The molecule has 0 bridgehead atoms. The van der Waals surface area contributed by atoms with E-state index in [4.69, 9.17) is 11.6 Å². The zero-order chi connectivity index (χ0) is 15.7. The van der Waals surface area contributed by atoms with Gasteiger partial charge >= 0.3 is 0 Å². The second-order valence-corrected chi connectivity index (χ2v) is 6.84. The molecule has 0 radical (unpaired) electrons. The summed E-state index contributed by atoms with van der Waals surface area (Å²) in [6, 6.07) is 3.15. The van der Waals surface area contributed by atoms with E-state index < -0.39 is 6.04 Å². The molecule has 1 aliphatic heterocycles. The lowest BCUT2D eigenvalue weighted by Crippen LogP contribution is -2.48. The summed E-state index contributed by atoms with van der Waals surface area (Å²) < 4.78 is 0.801. The zero-order valence-corrected chi connectivity index (χ0v) is 14.6. The van der Waals surface area contributed by atoms with E-state index in [1.165, 1.54) is 0 Å².